The molecule has 2 N–H and O–H groups in total. The van der Waals surface area contributed by atoms with Gasteiger partial charge in [-0.25, -0.2) is 0 Å². The first kappa shape index (κ1) is 13.9. The minimum atomic E-state index is -0.0837. The number of hydrogen-bond donors (Lipinski definition) is 2. The Morgan fingerprint density at radius 1 is 1.42 bits per heavy atom. The zero-order valence-corrected chi connectivity index (χ0v) is 11.6. The van der Waals surface area contributed by atoms with E-state index >= 15 is 0 Å². The molecule has 1 fully saturated rings. The lowest BCUT2D eigenvalue weighted by molar-refractivity contribution is -0.121. The first-order valence-corrected chi connectivity index (χ1v) is 7.01. The summed E-state index contributed by atoms with van der Waals surface area (Å²) in [6, 6.07) is 8.10. The predicted octanol–water partition coefficient (Wildman–Crippen LogP) is 2.01. The van der Waals surface area contributed by atoms with E-state index in [1.165, 1.54) is 0 Å². The highest BCUT2D eigenvalue weighted by Gasteiger charge is 2.27. The van der Waals surface area contributed by atoms with E-state index in [0.717, 1.165) is 30.7 Å². The number of carbonyl (C=O) groups is 1. The number of hydrogen-bond acceptors (Lipinski definition) is 3. The molecule has 0 saturated carbocycles. The van der Waals surface area contributed by atoms with Gasteiger partial charge in [-0.3, -0.25) is 10.1 Å². The van der Waals surface area contributed by atoms with E-state index in [0.29, 0.717) is 6.61 Å². The van der Waals surface area contributed by atoms with Crippen molar-refractivity contribution in [2.45, 2.75) is 38.8 Å². The Labute approximate surface area is 114 Å². The number of benzene rings is 1. The lowest BCUT2D eigenvalue weighted by Crippen LogP contribution is -2.38. The average Bonchev–Trinajstić information content (AvgIpc) is 2.83. The predicted molar refractivity (Wildman–Crippen MR) is 75.2 cm³/mol. The van der Waals surface area contributed by atoms with Crippen molar-refractivity contribution in [2.24, 2.45) is 0 Å². The second-order valence-electron chi connectivity index (χ2n) is 4.73. The molecule has 0 aromatic heterocycles. The second-order valence-corrected chi connectivity index (χ2v) is 4.73. The van der Waals surface area contributed by atoms with Crippen molar-refractivity contribution in [3.8, 4) is 5.75 Å². The first-order valence-electron chi connectivity index (χ1n) is 7.01. The summed E-state index contributed by atoms with van der Waals surface area (Å²) in [6.07, 6.45) is 1.78. The Morgan fingerprint density at radius 2 is 2.21 bits per heavy atom. The van der Waals surface area contributed by atoms with Gasteiger partial charge >= 0.3 is 0 Å². The molecular weight excluding hydrogens is 240 g/mol. The minimum absolute atomic E-state index is 0.0837. The average molecular weight is 262 g/mol. The summed E-state index contributed by atoms with van der Waals surface area (Å²) < 4.78 is 5.67. The lowest BCUT2D eigenvalue weighted by atomic mass is 10.0. The molecule has 1 amide bonds. The van der Waals surface area contributed by atoms with Gasteiger partial charge in [-0.05, 0) is 25.8 Å². The van der Waals surface area contributed by atoms with Gasteiger partial charge in [-0.1, -0.05) is 25.1 Å². The maximum Gasteiger partial charge on any atom is 0.237 e. The van der Waals surface area contributed by atoms with Crippen LogP contribution in [0.15, 0.2) is 24.3 Å². The van der Waals surface area contributed by atoms with Gasteiger partial charge in [0.1, 0.15) is 5.75 Å². The summed E-state index contributed by atoms with van der Waals surface area (Å²) >= 11 is 0. The van der Waals surface area contributed by atoms with Crippen LogP contribution >= 0.6 is 0 Å². The van der Waals surface area contributed by atoms with E-state index in [9.17, 15) is 4.79 Å². The molecule has 0 aliphatic carbocycles. The molecule has 1 aromatic carbocycles. The smallest absolute Gasteiger partial charge is 0.237 e. The Balaban J connectivity index is 2.14. The van der Waals surface area contributed by atoms with Crippen molar-refractivity contribution < 1.29 is 9.53 Å². The van der Waals surface area contributed by atoms with Crippen LogP contribution in [0.1, 0.15) is 38.3 Å². The van der Waals surface area contributed by atoms with Crippen LogP contribution in [0.2, 0.25) is 0 Å². The molecule has 0 unspecified atom stereocenters. The molecular formula is C15H22N2O2. The van der Waals surface area contributed by atoms with Crippen molar-refractivity contribution in [2.75, 3.05) is 13.2 Å². The van der Waals surface area contributed by atoms with Crippen LogP contribution in [0.5, 0.6) is 5.75 Å². The Hall–Kier alpha value is -1.55. The van der Waals surface area contributed by atoms with E-state index in [2.05, 4.69) is 23.6 Å². The van der Waals surface area contributed by atoms with Crippen LogP contribution in [-0.2, 0) is 4.79 Å². The summed E-state index contributed by atoms with van der Waals surface area (Å²) in [7, 11) is 0. The van der Waals surface area contributed by atoms with Gasteiger partial charge < -0.3 is 10.1 Å². The summed E-state index contributed by atoms with van der Waals surface area (Å²) in [5, 5.41) is 6.30. The lowest BCUT2D eigenvalue weighted by Gasteiger charge is -2.23. The van der Waals surface area contributed by atoms with Gasteiger partial charge in [0.15, 0.2) is 0 Å². The molecule has 0 radical (unpaired) electrons. The summed E-state index contributed by atoms with van der Waals surface area (Å²) in [5.41, 5.74) is 1.13. The largest absolute Gasteiger partial charge is 0.494 e. The normalized spacial score (nSPS) is 20.1. The van der Waals surface area contributed by atoms with Crippen LogP contribution in [0.25, 0.3) is 0 Å². The fourth-order valence-electron chi connectivity index (χ4n) is 2.48. The molecule has 0 spiro atoms. The maximum absolute atomic E-state index is 11.7. The van der Waals surface area contributed by atoms with Gasteiger partial charge in [-0.15, -0.1) is 0 Å². The molecule has 1 saturated heterocycles. The van der Waals surface area contributed by atoms with E-state index < -0.39 is 0 Å². The molecule has 0 bridgehead atoms. The summed E-state index contributed by atoms with van der Waals surface area (Å²) in [4.78, 5) is 11.7. The van der Waals surface area contributed by atoms with Crippen LogP contribution in [0.3, 0.4) is 0 Å². The highest BCUT2D eigenvalue weighted by Crippen LogP contribution is 2.28. The molecule has 2 rings (SSSR count). The van der Waals surface area contributed by atoms with Crippen LogP contribution in [0.4, 0.5) is 0 Å². The molecule has 1 heterocycles. The van der Waals surface area contributed by atoms with Crippen molar-refractivity contribution >= 4 is 5.91 Å². The quantitative estimate of drug-likeness (QED) is 0.824. The Kier molecular flexibility index (Phi) is 4.80. The van der Waals surface area contributed by atoms with Gasteiger partial charge in [0.2, 0.25) is 5.91 Å². The van der Waals surface area contributed by atoms with Crippen molar-refractivity contribution in [3.05, 3.63) is 29.8 Å². The molecule has 4 heteroatoms. The van der Waals surface area contributed by atoms with Crippen molar-refractivity contribution in [1.29, 1.82) is 0 Å². The zero-order chi connectivity index (χ0) is 13.7. The third-order valence-corrected chi connectivity index (χ3v) is 3.45. The number of nitrogens with one attached hydrogen (secondary N) is 2. The third-order valence-electron chi connectivity index (χ3n) is 3.45. The van der Waals surface area contributed by atoms with Gasteiger partial charge in [0, 0.05) is 18.2 Å². The van der Waals surface area contributed by atoms with Gasteiger partial charge in [0.05, 0.1) is 12.6 Å². The van der Waals surface area contributed by atoms with Crippen LogP contribution in [0, 0.1) is 0 Å². The monoisotopic (exact) mass is 262 g/mol. The van der Waals surface area contributed by atoms with Crippen LogP contribution in [-0.4, -0.2) is 25.1 Å². The van der Waals surface area contributed by atoms with Crippen LogP contribution < -0.4 is 15.4 Å². The minimum Gasteiger partial charge on any atom is -0.494 e. The third kappa shape index (κ3) is 3.26. The second kappa shape index (κ2) is 6.57. The Morgan fingerprint density at radius 3 is 2.84 bits per heavy atom. The van der Waals surface area contributed by atoms with Crippen molar-refractivity contribution in [1.82, 2.24) is 10.6 Å². The summed E-state index contributed by atoms with van der Waals surface area (Å²) in [6.45, 7) is 5.51. The number of ether oxygens (including phenoxy) is 1. The molecule has 19 heavy (non-hydrogen) atoms. The zero-order valence-electron chi connectivity index (χ0n) is 11.6. The molecule has 1 aliphatic heterocycles. The fourth-order valence-corrected chi connectivity index (χ4v) is 2.48. The molecule has 4 nitrogen and oxygen atoms in total. The van der Waals surface area contributed by atoms with Crippen molar-refractivity contribution in [3.63, 3.8) is 0 Å². The first-order chi connectivity index (χ1) is 9.26. The molecule has 1 aromatic rings. The highest BCUT2D eigenvalue weighted by atomic mass is 16.5. The number of amides is 1. The SMILES string of the molecule is CCOc1ccccc1[C@@H](CC)N[C@@H]1CCNC1=O. The molecule has 104 valence electrons. The Bertz CT molecular complexity index is 434. The highest BCUT2D eigenvalue weighted by molar-refractivity contribution is 5.83. The topological polar surface area (TPSA) is 50.4 Å². The standard InChI is InChI=1S/C15H22N2O2/c1-3-12(17-13-9-10-16-15(13)18)11-7-5-6-8-14(11)19-4-2/h5-8,12-13,17H,3-4,9-10H2,1-2H3,(H,16,18)/t12-,13-/m1/s1. The number of rotatable bonds is 6. The van der Waals surface area contributed by atoms with Gasteiger partial charge in [-0.2, -0.15) is 0 Å². The molecule has 1 aliphatic rings. The molecule has 2 atom stereocenters. The van der Waals surface area contributed by atoms with E-state index in [1.54, 1.807) is 0 Å². The number of para-hydroxylation sites is 1. The van der Waals surface area contributed by atoms with E-state index in [4.69, 9.17) is 4.74 Å². The maximum atomic E-state index is 11.7. The summed E-state index contributed by atoms with van der Waals surface area (Å²) in [5.74, 6) is 1.01. The van der Waals surface area contributed by atoms with Gasteiger partial charge in [0.25, 0.3) is 0 Å². The number of carbonyl (C=O) groups excluding carboxylic acids is 1. The fraction of sp³-hybridized carbons (Fsp3) is 0.533. The van der Waals surface area contributed by atoms with E-state index in [1.807, 2.05) is 25.1 Å². The van der Waals surface area contributed by atoms with E-state index in [-0.39, 0.29) is 18.0 Å².